The molecule has 0 aliphatic heterocycles. The first kappa shape index (κ1) is 28.0. The number of carbonyl (C=O) groups is 1. The van der Waals surface area contributed by atoms with Crippen molar-refractivity contribution >= 4 is 36.4 Å². The van der Waals surface area contributed by atoms with Crippen LogP contribution in [0.2, 0.25) is 0 Å². The van der Waals surface area contributed by atoms with Gasteiger partial charge < -0.3 is 11.1 Å². The van der Waals surface area contributed by atoms with Crippen molar-refractivity contribution in [2.24, 2.45) is 5.73 Å². The Morgan fingerprint density at radius 2 is 1.43 bits per heavy atom. The molecule has 7 heteroatoms. The van der Waals surface area contributed by atoms with Crippen molar-refractivity contribution in [2.45, 2.75) is 25.8 Å². The highest BCUT2D eigenvalue weighted by Gasteiger charge is 2.28. The van der Waals surface area contributed by atoms with Crippen molar-refractivity contribution in [3.63, 3.8) is 0 Å². The third kappa shape index (κ3) is 6.25. The number of nitrogens with zero attached hydrogens (tertiary/aromatic N) is 1. The molecule has 4 nitrogen and oxygen atoms in total. The van der Waals surface area contributed by atoms with E-state index < -0.39 is 11.9 Å². The Kier molecular flexibility index (Phi) is 9.96. The highest BCUT2D eigenvalue weighted by Crippen LogP contribution is 2.30. The minimum atomic E-state index is -0.859. The van der Waals surface area contributed by atoms with Gasteiger partial charge in [-0.05, 0) is 60.4 Å². The molecule has 3 N–H and O–H groups in total. The normalized spacial score (nSPS) is 11.2. The zero-order chi connectivity index (χ0) is 23.4. The summed E-state index contributed by atoms with van der Waals surface area (Å²) in [6.45, 7) is 3.81. The lowest BCUT2D eigenvalue weighted by Crippen LogP contribution is -2.41. The number of anilines is 1. The molecule has 0 fully saturated rings. The van der Waals surface area contributed by atoms with E-state index in [4.69, 9.17) is 5.73 Å². The molecule has 4 aromatic rings. The highest BCUT2D eigenvalue weighted by molar-refractivity contribution is 5.96. The van der Waals surface area contributed by atoms with Crippen LogP contribution in [0, 0.1) is 19.7 Å². The molecule has 0 aliphatic carbocycles. The Balaban J connectivity index is 0.00000216. The van der Waals surface area contributed by atoms with Crippen LogP contribution in [0.15, 0.2) is 91.1 Å². The minimum absolute atomic E-state index is 0. The summed E-state index contributed by atoms with van der Waals surface area (Å²) in [5.74, 6) is -1.13. The van der Waals surface area contributed by atoms with Gasteiger partial charge in [-0.2, -0.15) is 0 Å². The summed E-state index contributed by atoms with van der Waals surface area (Å²) in [4.78, 5) is 17.3. The van der Waals surface area contributed by atoms with E-state index in [0.29, 0.717) is 11.3 Å². The minimum Gasteiger partial charge on any atom is -0.325 e. The lowest BCUT2D eigenvalue weighted by atomic mass is 9.85. The van der Waals surface area contributed by atoms with Crippen LogP contribution in [0.3, 0.4) is 0 Å². The molecule has 0 radical (unpaired) electrons. The molecule has 0 aliphatic rings. The summed E-state index contributed by atoms with van der Waals surface area (Å²) in [6, 6.07) is 25.0. The largest absolute Gasteiger partial charge is 0.325 e. The van der Waals surface area contributed by atoms with Crippen molar-refractivity contribution in [1.82, 2.24) is 4.98 Å². The van der Waals surface area contributed by atoms with Crippen molar-refractivity contribution in [3.8, 4) is 11.1 Å². The van der Waals surface area contributed by atoms with Gasteiger partial charge in [0.15, 0.2) is 0 Å². The Morgan fingerprint density at radius 3 is 1.97 bits per heavy atom. The SMILES string of the molecule is Cc1nccc(-c2ccc(NC(=O)C(N)C(c3ccccc3)c3ccccc3)cc2F)c1C.Cl.Cl. The molecule has 0 spiro atoms. The van der Waals surface area contributed by atoms with E-state index in [9.17, 15) is 9.18 Å². The summed E-state index contributed by atoms with van der Waals surface area (Å²) in [5, 5.41) is 2.79. The van der Waals surface area contributed by atoms with Crippen LogP contribution in [0.5, 0.6) is 0 Å². The molecule has 3 aromatic carbocycles. The standard InChI is InChI=1S/C28H26FN3O.2ClH/c1-18-19(2)31-16-15-23(18)24-14-13-22(17-25(24)29)32-28(33)27(30)26(20-9-5-3-6-10-20)21-11-7-4-8-12-21;;/h3-17,26-27H,30H2,1-2H3,(H,32,33);2*1H. The van der Waals surface area contributed by atoms with Crippen LogP contribution in [-0.2, 0) is 4.79 Å². The number of amides is 1. The molecule has 1 aromatic heterocycles. The fraction of sp³-hybridized carbons (Fsp3) is 0.143. The molecular formula is C28H28Cl2FN3O. The number of halogens is 3. The topological polar surface area (TPSA) is 68.0 Å². The van der Waals surface area contributed by atoms with Gasteiger partial charge in [0.1, 0.15) is 5.82 Å². The average Bonchev–Trinajstić information content (AvgIpc) is 2.83. The first-order valence-electron chi connectivity index (χ1n) is 10.8. The van der Waals surface area contributed by atoms with Gasteiger partial charge in [-0.15, -0.1) is 24.8 Å². The predicted octanol–water partition coefficient (Wildman–Crippen LogP) is 6.45. The maximum Gasteiger partial charge on any atom is 0.242 e. The lowest BCUT2D eigenvalue weighted by Gasteiger charge is -2.24. The van der Waals surface area contributed by atoms with E-state index in [1.165, 1.54) is 6.07 Å². The maximum atomic E-state index is 15.0. The van der Waals surface area contributed by atoms with Crippen LogP contribution in [-0.4, -0.2) is 16.9 Å². The number of hydrogen-bond donors (Lipinski definition) is 2. The van der Waals surface area contributed by atoms with Gasteiger partial charge >= 0.3 is 0 Å². The first-order chi connectivity index (χ1) is 16.0. The smallest absolute Gasteiger partial charge is 0.242 e. The fourth-order valence-corrected chi connectivity index (χ4v) is 4.05. The van der Waals surface area contributed by atoms with Gasteiger partial charge in [-0.3, -0.25) is 9.78 Å². The van der Waals surface area contributed by atoms with Crippen molar-refractivity contribution in [3.05, 3.63) is 119 Å². The second kappa shape index (κ2) is 12.5. The van der Waals surface area contributed by atoms with E-state index in [1.54, 1.807) is 24.4 Å². The van der Waals surface area contributed by atoms with Gasteiger partial charge in [0.05, 0.1) is 6.04 Å². The number of nitrogens with two attached hydrogens (primary N) is 1. The van der Waals surface area contributed by atoms with E-state index >= 15 is 0 Å². The van der Waals surface area contributed by atoms with Crippen LogP contribution >= 0.6 is 24.8 Å². The van der Waals surface area contributed by atoms with Crippen molar-refractivity contribution in [1.29, 1.82) is 0 Å². The molecule has 4 rings (SSSR count). The Labute approximate surface area is 217 Å². The Hall–Kier alpha value is -3.25. The molecule has 0 saturated carbocycles. The third-order valence-corrected chi connectivity index (χ3v) is 5.96. The van der Waals surface area contributed by atoms with Gasteiger partial charge in [-0.1, -0.05) is 60.7 Å². The van der Waals surface area contributed by atoms with Crippen LogP contribution in [0.4, 0.5) is 10.1 Å². The average molecular weight is 512 g/mol. The molecule has 0 bridgehead atoms. The molecule has 0 saturated heterocycles. The number of rotatable bonds is 6. The van der Waals surface area contributed by atoms with Gasteiger partial charge in [0.2, 0.25) is 5.91 Å². The lowest BCUT2D eigenvalue weighted by molar-refractivity contribution is -0.117. The second-order valence-corrected chi connectivity index (χ2v) is 8.08. The number of benzene rings is 3. The van der Waals surface area contributed by atoms with Crippen molar-refractivity contribution < 1.29 is 9.18 Å². The van der Waals surface area contributed by atoms with Gasteiger partial charge in [0.25, 0.3) is 0 Å². The molecule has 1 heterocycles. The summed E-state index contributed by atoms with van der Waals surface area (Å²) >= 11 is 0. The van der Waals surface area contributed by atoms with Crippen LogP contribution in [0.25, 0.3) is 11.1 Å². The van der Waals surface area contributed by atoms with Crippen LogP contribution < -0.4 is 11.1 Å². The zero-order valence-corrected chi connectivity index (χ0v) is 21.1. The zero-order valence-electron chi connectivity index (χ0n) is 19.4. The molecule has 182 valence electrons. The van der Waals surface area contributed by atoms with Crippen molar-refractivity contribution in [2.75, 3.05) is 5.32 Å². The number of nitrogens with one attached hydrogen (secondary N) is 1. The summed E-state index contributed by atoms with van der Waals surface area (Å²) in [6.07, 6.45) is 1.67. The molecular weight excluding hydrogens is 484 g/mol. The van der Waals surface area contributed by atoms with E-state index in [0.717, 1.165) is 27.9 Å². The first-order valence-corrected chi connectivity index (χ1v) is 10.8. The summed E-state index contributed by atoms with van der Waals surface area (Å²) in [7, 11) is 0. The third-order valence-electron chi connectivity index (χ3n) is 5.96. The Bertz CT molecular complexity index is 1230. The number of carbonyl (C=O) groups excluding carboxylic acids is 1. The van der Waals surface area contributed by atoms with E-state index in [-0.39, 0.29) is 36.6 Å². The predicted molar refractivity (Wildman–Crippen MR) is 145 cm³/mol. The molecule has 1 unspecified atom stereocenters. The monoisotopic (exact) mass is 511 g/mol. The number of pyridine rings is 1. The van der Waals surface area contributed by atoms with E-state index in [1.807, 2.05) is 74.5 Å². The fourth-order valence-electron chi connectivity index (χ4n) is 4.05. The summed E-state index contributed by atoms with van der Waals surface area (Å²) in [5.41, 5.74) is 11.7. The van der Waals surface area contributed by atoms with Gasteiger partial charge in [-0.25, -0.2) is 4.39 Å². The van der Waals surface area contributed by atoms with Crippen LogP contribution in [0.1, 0.15) is 28.3 Å². The number of aryl methyl sites for hydroxylation is 1. The second-order valence-electron chi connectivity index (χ2n) is 8.08. The number of hydrogen-bond acceptors (Lipinski definition) is 3. The molecule has 1 amide bonds. The quantitative estimate of drug-likeness (QED) is 0.312. The number of aromatic nitrogens is 1. The van der Waals surface area contributed by atoms with Gasteiger partial charge in [0, 0.05) is 29.1 Å². The maximum absolute atomic E-state index is 15.0. The highest BCUT2D eigenvalue weighted by atomic mass is 35.5. The molecule has 1 atom stereocenters. The Morgan fingerprint density at radius 1 is 0.857 bits per heavy atom. The molecule has 35 heavy (non-hydrogen) atoms. The van der Waals surface area contributed by atoms with E-state index in [2.05, 4.69) is 10.3 Å². The summed E-state index contributed by atoms with van der Waals surface area (Å²) < 4.78 is 15.0.